The first-order valence-corrected chi connectivity index (χ1v) is 8.54. The highest BCUT2D eigenvalue weighted by Crippen LogP contribution is 2.28. The lowest BCUT2D eigenvalue weighted by Crippen LogP contribution is -2.78. The smallest absolute Gasteiger partial charge is 0.274 e. The molecule has 0 unspecified atom stereocenters. The highest BCUT2D eigenvalue weighted by Gasteiger charge is 2.20. The van der Waals surface area contributed by atoms with Gasteiger partial charge in [-0.1, -0.05) is 0 Å². The van der Waals surface area contributed by atoms with Crippen molar-refractivity contribution in [2.75, 3.05) is 11.0 Å². The van der Waals surface area contributed by atoms with Gasteiger partial charge in [-0.05, 0) is 24.3 Å². The molecule has 0 atom stereocenters. The number of hydrogen-bond donors (Lipinski definition) is 1. The molecule has 0 radical (unpaired) electrons. The summed E-state index contributed by atoms with van der Waals surface area (Å²) in [5.41, 5.74) is 1.32. The van der Waals surface area contributed by atoms with Crippen molar-refractivity contribution < 1.29 is 14.5 Å². The second-order valence-corrected chi connectivity index (χ2v) is 6.18. The van der Waals surface area contributed by atoms with Crippen LogP contribution in [-0.4, -0.2) is 27.4 Å². The summed E-state index contributed by atoms with van der Waals surface area (Å²) in [6.07, 6.45) is 1.37. The first-order valence-electron chi connectivity index (χ1n) is 7.32. The summed E-state index contributed by atoms with van der Waals surface area (Å²) < 4.78 is 13.9. The summed E-state index contributed by atoms with van der Waals surface area (Å²) in [6.45, 7) is 0.237. The van der Waals surface area contributed by atoms with Crippen molar-refractivity contribution in [3.05, 3.63) is 53.4 Å². The molecule has 2 N–H and O–H groups in total. The summed E-state index contributed by atoms with van der Waals surface area (Å²) >= 11 is 7.26. The molecular weight excluding hydrogens is 379 g/mol. The van der Waals surface area contributed by atoms with E-state index in [4.69, 9.17) is 17.0 Å². The molecule has 0 fully saturated rings. The third-order valence-corrected chi connectivity index (χ3v) is 4.52. The molecule has 0 spiro atoms. The van der Waals surface area contributed by atoms with E-state index in [1.165, 1.54) is 41.9 Å². The average molecular weight is 390 g/mol. The molecule has 1 amide bonds. The predicted molar refractivity (Wildman–Crippen MR) is 94.3 cm³/mol. The lowest BCUT2D eigenvalue weighted by Gasteiger charge is -2.10. The van der Waals surface area contributed by atoms with E-state index in [1.807, 2.05) is 6.07 Å². The van der Waals surface area contributed by atoms with E-state index < -0.39 is 11.7 Å². The molecule has 3 aromatic rings. The van der Waals surface area contributed by atoms with Gasteiger partial charge < -0.3 is 0 Å². The molecule has 2 heterocycles. The van der Waals surface area contributed by atoms with Crippen LogP contribution < -0.4 is 9.74 Å². The largest absolute Gasteiger partial charge is 0.285 e. The molecule has 1 aromatic carbocycles. The number of hydrogen-bond acceptors (Lipinski definition) is 6. The summed E-state index contributed by atoms with van der Waals surface area (Å²) in [5.74, 6) is -0.346. The number of nitriles is 1. The van der Waals surface area contributed by atoms with E-state index in [2.05, 4.69) is 15.0 Å². The number of carbonyl (C=O) groups is 1. The van der Waals surface area contributed by atoms with Crippen molar-refractivity contribution in [2.24, 2.45) is 0 Å². The fourth-order valence-electron chi connectivity index (χ4n) is 2.04. The van der Waals surface area contributed by atoms with Gasteiger partial charge in [0.25, 0.3) is 5.91 Å². The SMILES string of the molecule is N#CC[NH2+]c1cc(-c2csc(N(Cl)C(=O)c3ccc(F)cc3)n2)ncn1. The van der Waals surface area contributed by atoms with E-state index in [9.17, 15) is 9.18 Å². The van der Waals surface area contributed by atoms with Gasteiger partial charge in [0.2, 0.25) is 10.9 Å². The second-order valence-electron chi connectivity index (χ2n) is 5.00. The molecule has 0 saturated carbocycles. The first-order chi connectivity index (χ1) is 12.6. The molecule has 130 valence electrons. The highest BCUT2D eigenvalue weighted by molar-refractivity contribution is 7.14. The van der Waals surface area contributed by atoms with Gasteiger partial charge in [0.05, 0.1) is 5.69 Å². The van der Waals surface area contributed by atoms with Crippen LogP contribution in [0.2, 0.25) is 0 Å². The van der Waals surface area contributed by atoms with Crippen molar-refractivity contribution in [2.45, 2.75) is 0 Å². The first kappa shape index (κ1) is 17.9. The normalized spacial score (nSPS) is 10.3. The Morgan fingerprint density at radius 2 is 2.08 bits per heavy atom. The summed E-state index contributed by atoms with van der Waals surface area (Å²) in [7, 11) is 0. The zero-order valence-electron chi connectivity index (χ0n) is 13.1. The molecule has 0 aliphatic carbocycles. The molecule has 26 heavy (non-hydrogen) atoms. The zero-order chi connectivity index (χ0) is 18.5. The minimum absolute atomic E-state index is 0.237. The molecule has 10 heteroatoms. The fourth-order valence-corrected chi connectivity index (χ4v) is 3.01. The molecular formula is C16H11ClFN6OS+. The number of benzene rings is 1. The number of amides is 1. The summed E-state index contributed by atoms with van der Waals surface area (Å²) in [4.78, 5) is 24.9. The van der Waals surface area contributed by atoms with Crippen LogP contribution in [0.15, 0.2) is 42.0 Å². The lowest BCUT2D eigenvalue weighted by atomic mass is 10.2. The minimum Gasteiger partial charge on any atom is -0.285 e. The molecule has 0 aliphatic heterocycles. The van der Waals surface area contributed by atoms with Gasteiger partial charge in [0.1, 0.15) is 23.9 Å². The quantitative estimate of drug-likeness (QED) is 0.533. The van der Waals surface area contributed by atoms with Crippen molar-refractivity contribution in [3.63, 3.8) is 0 Å². The molecule has 0 aliphatic rings. The Balaban J connectivity index is 1.80. The molecule has 3 rings (SSSR count). The van der Waals surface area contributed by atoms with Crippen LogP contribution in [0.3, 0.4) is 0 Å². The number of halogens is 2. The maximum Gasteiger partial charge on any atom is 0.274 e. The number of anilines is 1. The third kappa shape index (κ3) is 4.00. The van der Waals surface area contributed by atoms with Crippen LogP contribution in [0.25, 0.3) is 11.4 Å². The van der Waals surface area contributed by atoms with E-state index >= 15 is 0 Å². The maximum absolute atomic E-state index is 13.0. The highest BCUT2D eigenvalue weighted by atomic mass is 35.5. The number of aromatic nitrogens is 3. The van der Waals surface area contributed by atoms with E-state index in [0.717, 1.165) is 4.42 Å². The van der Waals surface area contributed by atoms with Gasteiger partial charge in [-0.25, -0.2) is 14.4 Å². The Bertz CT molecular complexity index is 971. The summed E-state index contributed by atoms with van der Waals surface area (Å²) in [5, 5.41) is 12.3. The van der Waals surface area contributed by atoms with Crippen molar-refractivity contribution in [1.29, 1.82) is 5.26 Å². The van der Waals surface area contributed by atoms with E-state index in [1.54, 1.807) is 16.8 Å². The molecule has 0 saturated heterocycles. The fraction of sp³-hybridized carbons (Fsp3) is 0.0625. The standard InChI is InChI=1S/C16H10ClFN6OS/c17-24(15(25)10-1-3-11(18)4-2-10)16-23-13(8-26-16)12-7-14(20-6-5-19)22-9-21-12/h1-4,7-9H,6H2,(H,20,21,22)/p+1. The van der Waals surface area contributed by atoms with Gasteiger partial charge in [0, 0.05) is 28.8 Å². The second kappa shape index (κ2) is 7.97. The average Bonchev–Trinajstić information content (AvgIpc) is 3.16. The lowest BCUT2D eigenvalue weighted by molar-refractivity contribution is -0.562. The number of quaternary nitrogens is 1. The number of nitrogens with two attached hydrogens (primary N) is 1. The molecule has 2 aromatic heterocycles. The van der Waals surface area contributed by atoms with E-state index in [0.29, 0.717) is 17.2 Å². The predicted octanol–water partition coefficient (Wildman–Crippen LogP) is 2.26. The zero-order valence-corrected chi connectivity index (χ0v) is 14.7. The minimum atomic E-state index is -0.515. The Morgan fingerprint density at radius 3 is 2.81 bits per heavy atom. The number of nitrogens with zero attached hydrogens (tertiary/aromatic N) is 5. The Morgan fingerprint density at radius 1 is 1.31 bits per heavy atom. The van der Waals surface area contributed by atoms with Gasteiger partial charge >= 0.3 is 0 Å². The van der Waals surface area contributed by atoms with Crippen LogP contribution in [0.4, 0.5) is 15.3 Å². The molecule has 7 nitrogen and oxygen atoms in total. The van der Waals surface area contributed by atoms with Crippen LogP contribution in [0, 0.1) is 17.1 Å². The van der Waals surface area contributed by atoms with Gasteiger partial charge in [-0.2, -0.15) is 14.7 Å². The third-order valence-electron chi connectivity index (χ3n) is 3.28. The number of thiazole rings is 1. The Hall–Kier alpha value is -2.93. The number of carbonyl (C=O) groups excluding carboxylic acids is 1. The Kier molecular flexibility index (Phi) is 5.48. The van der Waals surface area contributed by atoms with Crippen molar-refractivity contribution in [3.8, 4) is 17.5 Å². The summed E-state index contributed by atoms with van der Waals surface area (Å²) in [6, 6.07) is 8.78. The molecule has 0 bridgehead atoms. The van der Waals surface area contributed by atoms with Gasteiger partial charge in [-0.3, -0.25) is 10.1 Å². The van der Waals surface area contributed by atoms with Crippen molar-refractivity contribution in [1.82, 2.24) is 15.0 Å². The van der Waals surface area contributed by atoms with Gasteiger partial charge in [-0.15, -0.1) is 11.3 Å². The van der Waals surface area contributed by atoms with E-state index in [-0.39, 0.29) is 17.2 Å². The number of rotatable bonds is 5. The topological polar surface area (TPSA) is 99.4 Å². The van der Waals surface area contributed by atoms with Crippen LogP contribution in [-0.2, 0) is 0 Å². The van der Waals surface area contributed by atoms with Crippen molar-refractivity contribution >= 4 is 40.0 Å². The maximum atomic E-state index is 13.0. The Labute approximate surface area is 156 Å². The monoisotopic (exact) mass is 389 g/mol. The van der Waals surface area contributed by atoms with Gasteiger partial charge in [0.15, 0.2) is 6.54 Å². The van der Waals surface area contributed by atoms with Crippen LogP contribution >= 0.6 is 23.1 Å². The van der Waals surface area contributed by atoms with Crippen LogP contribution in [0.1, 0.15) is 10.4 Å². The van der Waals surface area contributed by atoms with Crippen LogP contribution in [0.5, 0.6) is 0 Å².